The van der Waals surface area contributed by atoms with Crippen LogP contribution in [0.15, 0.2) is 0 Å². The Hall–Kier alpha value is -1.11. The summed E-state index contributed by atoms with van der Waals surface area (Å²) >= 11 is 0. The van der Waals surface area contributed by atoms with Crippen molar-refractivity contribution in [2.24, 2.45) is 7.05 Å². The molecule has 1 aliphatic heterocycles. The third-order valence-corrected chi connectivity index (χ3v) is 4.82. The lowest BCUT2D eigenvalue weighted by atomic mass is 9.69. The van der Waals surface area contributed by atoms with Crippen LogP contribution in [0.25, 0.3) is 0 Å². The Bertz CT molecular complexity index is 486. The summed E-state index contributed by atoms with van der Waals surface area (Å²) in [5, 5.41) is 35.1. The van der Waals surface area contributed by atoms with Gasteiger partial charge in [-0.3, -0.25) is 4.90 Å². The smallest absolute Gasteiger partial charge is 0.213 e. The van der Waals surface area contributed by atoms with E-state index >= 15 is 0 Å². The monoisotopic (exact) mass is 281 g/mol. The number of rotatable bonds is 2. The van der Waals surface area contributed by atoms with Crippen LogP contribution in [0.2, 0.25) is 0 Å². The van der Waals surface area contributed by atoms with Crippen LogP contribution in [0, 0.1) is 6.92 Å². The Morgan fingerprint density at radius 2 is 1.70 bits per heavy atom. The summed E-state index contributed by atoms with van der Waals surface area (Å²) in [5.74, 6) is -0.390. The molecular formula is C14H23N3O3. The summed E-state index contributed by atoms with van der Waals surface area (Å²) < 4.78 is 1.39. The van der Waals surface area contributed by atoms with Crippen molar-refractivity contribution in [3.05, 3.63) is 11.3 Å². The zero-order valence-electron chi connectivity index (χ0n) is 12.0. The predicted octanol–water partition coefficient (Wildman–Crippen LogP) is 0.108. The summed E-state index contributed by atoms with van der Waals surface area (Å²) in [6.45, 7) is 3.66. The van der Waals surface area contributed by atoms with Gasteiger partial charge in [-0.2, -0.15) is 5.10 Å². The van der Waals surface area contributed by atoms with Gasteiger partial charge in [0.1, 0.15) is 0 Å². The Kier molecular flexibility index (Phi) is 3.48. The third kappa shape index (κ3) is 1.94. The van der Waals surface area contributed by atoms with Crippen molar-refractivity contribution in [3.8, 4) is 5.88 Å². The van der Waals surface area contributed by atoms with Crippen molar-refractivity contribution >= 4 is 0 Å². The Labute approximate surface area is 118 Å². The highest BCUT2D eigenvalue weighted by molar-refractivity contribution is 5.39. The van der Waals surface area contributed by atoms with Gasteiger partial charge >= 0.3 is 0 Å². The van der Waals surface area contributed by atoms with Gasteiger partial charge in [0, 0.05) is 18.5 Å². The van der Waals surface area contributed by atoms with E-state index in [1.165, 1.54) is 11.1 Å². The molecule has 0 bridgehead atoms. The lowest BCUT2D eigenvalue weighted by Crippen LogP contribution is -2.66. The number of nitrogens with zero attached hydrogens (tertiary/aromatic N) is 3. The second kappa shape index (κ2) is 5.02. The van der Waals surface area contributed by atoms with Crippen molar-refractivity contribution in [2.75, 3.05) is 13.1 Å². The minimum Gasteiger partial charge on any atom is -0.493 e. The van der Waals surface area contributed by atoms with Gasteiger partial charge < -0.3 is 15.3 Å². The van der Waals surface area contributed by atoms with Crippen molar-refractivity contribution in [1.82, 2.24) is 14.7 Å². The van der Waals surface area contributed by atoms with Gasteiger partial charge in [-0.15, -0.1) is 0 Å². The van der Waals surface area contributed by atoms with Crippen molar-refractivity contribution < 1.29 is 15.3 Å². The maximum Gasteiger partial charge on any atom is 0.213 e. The maximum absolute atomic E-state index is 10.5. The molecular weight excluding hydrogens is 258 g/mol. The topological polar surface area (TPSA) is 81.8 Å². The lowest BCUT2D eigenvalue weighted by molar-refractivity contribution is -0.139. The maximum atomic E-state index is 10.5. The molecule has 0 spiro atoms. The van der Waals surface area contributed by atoms with E-state index in [1.54, 1.807) is 14.0 Å². The summed E-state index contributed by atoms with van der Waals surface area (Å²) in [6.07, 6.45) is 2.19. The zero-order chi connectivity index (χ0) is 14.4. The number of hydrogen-bond donors (Lipinski definition) is 3. The van der Waals surface area contributed by atoms with E-state index in [-0.39, 0.29) is 11.9 Å². The van der Waals surface area contributed by atoms with Crippen molar-refractivity contribution in [1.29, 1.82) is 0 Å². The minimum absolute atomic E-state index is 0.0442. The summed E-state index contributed by atoms with van der Waals surface area (Å²) in [6, 6.07) is -0.209. The second-order valence-corrected chi connectivity index (χ2v) is 6.04. The molecule has 0 aromatic carbocycles. The third-order valence-electron chi connectivity index (χ3n) is 4.82. The first-order valence-corrected chi connectivity index (χ1v) is 7.35. The van der Waals surface area contributed by atoms with Crippen LogP contribution in [-0.4, -0.2) is 61.3 Å². The molecule has 0 amide bonds. The number of aliphatic hydroxyl groups excluding tert-OH is 2. The van der Waals surface area contributed by atoms with Gasteiger partial charge in [0.15, 0.2) is 0 Å². The van der Waals surface area contributed by atoms with Crippen molar-refractivity contribution in [3.63, 3.8) is 0 Å². The van der Waals surface area contributed by atoms with Crippen LogP contribution in [0.1, 0.15) is 36.4 Å². The molecule has 20 heavy (non-hydrogen) atoms. The molecule has 3 rings (SSSR count). The van der Waals surface area contributed by atoms with Crippen LogP contribution in [0.5, 0.6) is 5.88 Å². The van der Waals surface area contributed by atoms with E-state index in [9.17, 15) is 15.3 Å². The molecule has 2 aliphatic rings. The molecule has 0 radical (unpaired) electrons. The largest absolute Gasteiger partial charge is 0.493 e. The first-order chi connectivity index (χ1) is 9.52. The van der Waals surface area contributed by atoms with Crippen LogP contribution in [0.3, 0.4) is 0 Å². The molecule has 1 aromatic rings. The number of likely N-dealkylation sites (tertiary alicyclic amines) is 1. The van der Waals surface area contributed by atoms with Crippen molar-refractivity contribution in [2.45, 2.75) is 50.4 Å². The van der Waals surface area contributed by atoms with E-state index < -0.39 is 18.1 Å². The SMILES string of the molecule is Cc1nn(C)c(O)c1C1C(O)C(N2CCCCC2)C1O. The first-order valence-electron chi connectivity index (χ1n) is 7.35. The van der Waals surface area contributed by atoms with Gasteiger partial charge in [-0.25, -0.2) is 4.68 Å². The summed E-state index contributed by atoms with van der Waals surface area (Å²) in [4.78, 5) is 2.18. The fourth-order valence-electron chi connectivity index (χ4n) is 3.73. The van der Waals surface area contributed by atoms with Gasteiger partial charge in [-0.05, 0) is 32.9 Å². The van der Waals surface area contributed by atoms with E-state index in [0.717, 1.165) is 25.9 Å². The highest BCUT2D eigenvalue weighted by Gasteiger charge is 2.54. The summed E-state index contributed by atoms with van der Waals surface area (Å²) in [7, 11) is 1.66. The number of piperidine rings is 1. The predicted molar refractivity (Wildman–Crippen MR) is 73.6 cm³/mol. The molecule has 6 nitrogen and oxygen atoms in total. The number of aliphatic hydroxyl groups is 2. The van der Waals surface area contributed by atoms with Gasteiger partial charge in [-0.1, -0.05) is 6.42 Å². The van der Waals surface area contributed by atoms with Crippen LogP contribution in [0.4, 0.5) is 0 Å². The molecule has 2 heterocycles. The lowest BCUT2D eigenvalue weighted by Gasteiger charge is -2.52. The normalized spacial score (nSPS) is 35.0. The Morgan fingerprint density at radius 3 is 2.20 bits per heavy atom. The summed E-state index contributed by atoms with van der Waals surface area (Å²) in [5.41, 5.74) is 1.26. The molecule has 112 valence electrons. The number of aromatic hydroxyl groups is 1. The standard InChI is InChI=1S/C14H23N3O3/c1-8-9(14(20)16(2)15-8)10-12(18)11(13(10)19)17-6-4-3-5-7-17/h10-13,18-20H,3-7H2,1-2H3. The molecule has 1 saturated carbocycles. The zero-order valence-corrected chi connectivity index (χ0v) is 12.0. The molecule has 2 fully saturated rings. The Morgan fingerprint density at radius 1 is 1.10 bits per heavy atom. The molecule has 1 saturated heterocycles. The van der Waals surface area contributed by atoms with Crippen LogP contribution < -0.4 is 0 Å². The average Bonchev–Trinajstić information content (AvgIpc) is 2.67. The van der Waals surface area contributed by atoms with E-state index in [0.29, 0.717) is 11.3 Å². The minimum atomic E-state index is -0.642. The highest BCUT2D eigenvalue weighted by atomic mass is 16.3. The molecule has 1 aromatic heterocycles. The quantitative estimate of drug-likeness (QED) is 0.717. The van der Waals surface area contributed by atoms with Crippen LogP contribution >= 0.6 is 0 Å². The van der Waals surface area contributed by atoms with E-state index in [4.69, 9.17) is 0 Å². The van der Waals surface area contributed by atoms with E-state index in [2.05, 4.69) is 10.00 Å². The first kappa shape index (κ1) is 13.9. The van der Waals surface area contributed by atoms with E-state index in [1.807, 2.05) is 0 Å². The fraction of sp³-hybridized carbons (Fsp3) is 0.786. The number of aromatic nitrogens is 2. The molecule has 1 aliphatic carbocycles. The fourth-order valence-corrected chi connectivity index (χ4v) is 3.73. The van der Waals surface area contributed by atoms with Gasteiger partial charge in [0.25, 0.3) is 0 Å². The second-order valence-electron chi connectivity index (χ2n) is 6.04. The molecule has 2 atom stereocenters. The molecule has 2 unspecified atom stereocenters. The number of aryl methyl sites for hydroxylation is 2. The molecule has 6 heteroatoms. The van der Waals surface area contributed by atoms with Crippen LogP contribution in [-0.2, 0) is 7.05 Å². The highest BCUT2D eigenvalue weighted by Crippen LogP contribution is 2.45. The van der Waals surface area contributed by atoms with Gasteiger partial charge in [0.05, 0.1) is 23.9 Å². The molecule has 3 N–H and O–H groups in total. The average molecular weight is 281 g/mol. The Balaban J connectivity index is 1.80. The number of hydrogen-bond acceptors (Lipinski definition) is 5. The van der Waals surface area contributed by atoms with Gasteiger partial charge in [0.2, 0.25) is 5.88 Å².